The molecule has 0 aliphatic carbocycles. The van der Waals surface area contributed by atoms with Crippen molar-refractivity contribution in [2.24, 2.45) is 5.73 Å². The standard InChI is InChI=1S/C13H16F3N3O2/c14-13(15,16)10-5-9(17)2-1-8(10)6-19-3-4-21-7-11(19)12(18)20/h1-2,5,11H,3-4,6-7,17H2,(H2,18,20). The quantitative estimate of drug-likeness (QED) is 0.815. The molecule has 8 heteroatoms. The molecule has 116 valence electrons. The maximum atomic E-state index is 13.0. The Morgan fingerprint density at radius 2 is 2.14 bits per heavy atom. The van der Waals surface area contributed by atoms with Gasteiger partial charge in [-0.3, -0.25) is 9.69 Å². The van der Waals surface area contributed by atoms with E-state index < -0.39 is 23.7 Å². The highest BCUT2D eigenvalue weighted by Gasteiger charge is 2.35. The molecule has 1 aromatic rings. The normalized spacial score (nSPS) is 20.4. The minimum atomic E-state index is -4.50. The van der Waals surface area contributed by atoms with Crippen molar-refractivity contribution in [2.45, 2.75) is 18.8 Å². The number of carbonyl (C=O) groups is 1. The van der Waals surface area contributed by atoms with E-state index in [0.717, 1.165) is 6.07 Å². The number of hydrogen-bond acceptors (Lipinski definition) is 4. The second kappa shape index (κ2) is 5.90. The number of carbonyl (C=O) groups excluding carboxylic acids is 1. The van der Waals surface area contributed by atoms with Crippen molar-refractivity contribution in [3.05, 3.63) is 29.3 Å². The molecule has 0 aromatic heterocycles. The zero-order valence-electron chi connectivity index (χ0n) is 11.2. The van der Waals surface area contributed by atoms with Gasteiger partial charge in [0.2, 0.25) is 5.91 Å². The van der Waals surface area contributed by atoms with Gasteiger partial charge in [0.25, 0.3) is 0 Å². The number of anilines is 1. The van der Waals surface area contributed by atoms with Crippen molar-refractivity contribution < 1.29 is 22.7 Å². The number of halogens is 3. The summed E-state index contributed by atoms with van der Waals surface area (Å²) in [6.45, 7) is 0.743. The Morgan fingerprint density at radius 1 is 1.43 bits per heavy atom. The van der Waals surface area contributed by atoms with E-state index in [1.807, 2.05) is 0 Å². The van der Waals surface area contributed by atoms with Gasteiger partial charge < -0.3 is 16.2 Å². The van der Waals surface area contributed by atoms with Crippen LogP contribution in [0.4, 0.5) is 18.9 Å². The zero-order chi connectivity index (χ0) is 15.6. The average Bonchev–Trinajstić information content (AvgIpc) is 2.40. The molecule has 1 aliphatic heterocycles. The van der Waals surface area contributed by atoms with E-state index in [4.69, 9.17) is 16.2 Å². The molecule has 4 N–H and O–H groups in total. The van der Waals surface area contributed by atoms with Gasteiger partial charge in [0, 0.05) is 18.8 Å². The average molecular weight is 303 g/mol. The molecular weight excluding hydrogens is 287 g/mol. The number of morpholine rings is 1. The lowest BCUT2D eigenvalue weighted by molar-refractivity contribution is -0.138. The molecule has 1 saturated heterocycles. The fourth-order valence-electron chi connectivity index (χ4n) is 2.30. The molecule has 1 heterocycles. The van der Waals surface area contributed by atoms with Crippen LogP contribution in [0.5, 0.6) is 0 Å². The van der Waals surface area contributed by atoms with Gasteiger partial charge in [-0.1, -0.05) is 6.07 Å². The lowest BCUT2D eigenvalue weighted by atomic mass is 10.0. The second-order valence-electron chi connectivity index (χ2n) is 4.88. The SMILES string of the molecule is NC(=O)C1COCCN1Cc1ccc(N)cc1C(F)(F)F. The Kier molecular flexibility index (Phi) is 4.38. The van der Waals surface area contributed by atoms with Crippen LogP contribution in [0.25, 0.3) is 0 Å². The van der Waals surface area contributed by atoms with Crippen LogP contribution in [0, 0.1) is 0 Å². The number of ether oxygens (including phenoxy) is 1. The molecule has 1 aromatic carbocycles. The van der Waals surface area contributed by atoms with E-state index in [9.17, 15) is 18.0 Å². The smallest absolute Gasteiger partial charge is 0.399 e. The molecule has 1 amide bonds. The number of benzene rings is 1. The van der Waals surface area contributed by atoms with Gasteiger partial charge in [0.1, 0.15) is 6.04 Å². The minimum Gasteiger partial charge on any atom is -0.399 e. The first-order valence-corrected chi connectivity index (χ1v) is 6.35. The zero-order valence-corrected chi connectivity index (χ0v) is 11.2. The summed E-state index contributed by atoms with van der Waals surface area (Å²) in [5.41, 5.74) is 9.99. The minimum absolute atomic E-state index is 0.0356. The number of hydrogen-bond donors (Lipinski definition) is 2. The molecule has 0 radical (unpaired) electrons. The largest absolute Gasteiger partial charge is 0.416 e. The first-order chi connectivity index (χ1) is 9.79. The number of amides is 1. The Morgan fingerprint density at radius 3 is 2.76 bits per heavy atom. The highest BCUT2D eigenvalue weighted by molar-refractivity contribution is 5.80. The van der Waals surface area contributed by atoms with E-state index in [1.165, 1.54) is 12.1 Å². The maximum absolute atomic E-state index is 13.0. The van der Waals surface area contributed by atoms with E-state index in [-0.39, 0.29) is 24.4 Å². The molecule has 1 fully saturated rings. The molecule has 1 unspecified atom stereocenters. The van der Waals surface area contributed by atoms with Crippen LogP contribution < -0.4 is 11.5 Å². The summed E-state index contributed by atoms with van der Waals surface area (Å²) >= 11 is 0. The summed E-state index contributed by atoms with van der Waals surface area (Å²) in [6.07, 6.45) is -4.50. The molecule has 5 nitrogen and oxygen atoms in total. The first-order valence-electron chi connectivity index (χ1n) is 6.35. The topological polar surface area (TPSA) is 81.6 Å². The summed E-state index contributed by atoms with van der Waals surface area (Å²) in [4.78, 5) is 12.9. The fraction of sp³-hybridized carbons (Fsp3) is 0.462. The van der Waals surface area contributed by atoms with Crippen molar-refractivity contribution >= 4 is 11.6 Å². The lowest BCUT2D eigenvalue weighted by Gasteiger charge is -2.34. The van der Waals surface area contributed by atoms with Gasteiger partial charge in [-0.05, 0) is 17.7 Å². The molecule has 2 rings (SSSR count). The lowest BCUT2D eigenvalue weighted by Crippen LogP contribution is -2.52. The molecule has 1 aliphatic rings. The highest BCUT2D eigenvalue weighted by atomic mass is 19.4. The number of primary amides is 1. The number of alkyl halides is 3. The molecule has 1 atom stereocenters. The van der Waals surface area contributed by atoms with Gasteiger partial charge >= 0.3 is 6.18 Å². The van der Waals surface area contributed by atoms with Crippen LogP contribution in [0.15, 0.2) is 18.2 Å². The fourth-order valence-corrected chi connectivity index (χ4v) is 2.30. The van der Waals surface area contributed by atoms with E-state index in [0.29, 0.717) is 13.2 Å². The number of nitrogens with two attached hydrogens (primary N) is 2. The summed E-state index contributed by atoms with van der Waals surface area (Å²) < 4.78 is 44.3. The number of nitrogen functional groups attached to an aromatic ring is 1. The van der Waals surface area contributed by atoms with Crippen LogP contribution in [0.3, 0.4) is 0 Å². The summed E-state index contributed by atoms with van der Waals surface area (Å²) in [6, 6.07) is 2.91. The van der Waals surface area contributed by atoms with Crippen LogP contribution in [0.2, 0.25) is 0 Å². The van der Waals surface area contributed by atoms with Crippen molar-refractivity contribution in [1.29, 1.82) is 0 Å². The van der Waals surface area contributed by atoms with Crippen molar-refractivity contribution in [2.75, 3.05) is 25.5 Å². The third-order valence-electron chi connectivity index (χ3n) is 3.38. The van der Waals surface area contributed by atoms with Gasteiger partial charge in [-0.15, -0.1) is 0 Å². The van der Waals surface area contributed by atoms with Crippen molar-refractivity contribution in [3.8, 4) is 0 Å². The van der Waals surface area contributed by atoms with Crippen LogP contribution in [-0.2, 0) is 22.3 Å². The summed E-state index contributed by atoms with van der Waals surface area (Å²) in [7, 11) is 0. The van der Waals surface area contributed by atoms with Crippen LogP contribution in [0.1, 0.15) is 11.1 Å². The molecule has 0 spiro atoms. The molecule has 0 saturated carbocycles. The highest BCUT2D eigenvalue weighted by Crippen LogP contribution is 2.34. The van der Waals surface area contributed by atoms with Crippen LogP contribution in [-0.4, -0.2) is 36.6 Å². The Bertz CT molecular complexity index is 534. The van der Waals surface area contributed by atoms with Crippen molar-refractivity contribution in [3.63, 3.8) is 0 Å². The van der Waals surface area contributed by atoms with Gasteiger partial charge in [-0.25, -0.2) is 0 Å². The molecule has 0 bridgehead atoms. The summed E-state index contributed by atoms with van der Waals surface area (Å²) in [5.74, 6) is -0.612. The third kappa shape index (κ3) is 3.64. The Labute approximate surface area is 119 Å². The Hall–Kier alpha value is -1.80. The summed E-state index contributed by atoms with van der Waals surface area (Å²) in [5, 5.41) is 0. The predicted octanol–water partition coefficient (Wildman–Crippen LogP) is 0.974. The maximum Gasteiger partial charge on any atom is 0.416 e. The monoisotopic (exact) mass is 303 g/mol. The van der Waals surface area contributed by atoms with Crippen molar-refractivity contribution in [1.82, 2.24) is 4.90 Å². The van der Waals surface area contributed by atoms with Gasteiger partial charge in [0.05, 0.1) is 18.8 Å². The third-order valence-corrected chi connectivity index (χ3v) is 3.38. The number of rotatable bonds is 3. The molecule has 21 heavy (non-hydrogen) atoms. The van der Waals surface area contributed by atoms with Gasteiger partial charge in [0.15, 0.2) is 0 Å². The van der Waals surface area contributed by atoms with Gasteiger partial charge in [-0.2, -0.15) is 13.2 Å². The van der Waals surface area contributed by atoms with E-state index >= 15 is 0 Å². The first kappa shape index (κ1) is 15.6. The molecular formula is C13H16F3N3O2. The predicted molar refractivity (Wildman–Crippen MR) is 70.1 cm³/mol. The van der Waals surface area contributed by atoms with E-state index in [1.54, 1.807) is 4.90 Å². The van der Waals surface area contributed by atoms with Crippen LogP contribution >= 0.6 is 0 Å². The second-order valence-corrected chi connectivity index (χ2v) is 4.88. The number of nitrogens with zero attached hydrogens (tertiary/aromatic N) is 1. The Balaban J connectivity index is 2.28. The van der Waals surface area contributed by atoms with E-state index in [2.05, 4.69) is 0 Å².